The number of hydrogen-bond donors (Lipinski definition) is 1. The molecule has 1 aliphatic carbocycles. The van der Waals surface area contributed by atoms with Gasteiger partial charge < -0.3 is 5.32 Å². The number of rotatable bonds is 5. The Labute approximate surface area is 145 Å². The van der Waals surface area contributed by atoms with Gasteiger partial charge in [-0.15, -0.1) is 11.3 Å². The molecule has 23 heavy (non-hydrogen) atoms. The molecule has 1 N–H and O–H groups in total. The summed E-state index contributed by atoms with van der Waals surface area (Å²) in [5, 5.41) is 5.05. The van der Waals surface area contributed by atoms with Crippen LogP contribution in [-0.2, 0) is 11.2 Å². The van der Waals surface area contributed by atoms with Crippen LogP contribution in [0.4, 0.5) is 0 Å². The molecule has 1 unspecified atom stereocenters. The van der Waals surface area contributed by atoms with Crippen LogP contribution < -0.4 is 5.32 Å². The molecule has 3 rings (SSSR count). The molecule has 0 aliphatic heterocycles. The van der Waals surface area contributed by atoms with Crippen molar-refractivity contribution in [1.82, 2.24) is 15.3 Å². The molecule has 0 bridgehead atoms. The largest absolute Gasteiger partial charge is 0.352 e. The number of nitrogens with one attached hydrogen (secondary N) is 1. The van der Waals surface area contributed by atoms with Crippen molar-refractivity contribution in [2.75, 3.05) is 0 Å². The molecule has 6 heteroatoms. The van der Waals surface area contributed by atoms with Crippen LogP contribution in [0, 0.1) is 6.92 Å². The van der Waals surface area contributed by atoms with Gasteiger partial charge in [-0.05, 0) is 39.2 Å². The lowest BCUT2D eigenvalue weighted by Gasteiger charge is -2.16. The standard InChI is InChI=1S/C17H23N3OS2/c1-4-13-9-14-16(18-11(3)19-17(14)23-13)22-10(2)15(21)20-12-7-5-6-8-12/h9-10,12H,4-8H2,1-3H3,(H,20,21). The second-order valence-electron chi connectivity index (χ2n) is 6.11. The molecule has 2 aromatic rings. The molecule has 1 fully saturated rings. The number of carbonyl (C=O) groups excluding carboxylic acids is 1. The summed E-state index contributed by atoms with van der Waals surface area (Å²) in [5.74, 6) is 0.894. The van der Waals surface area contributed by atoms with Gasteiger partial charge in [0.05, 0.1) is 5.25 Å². The van der Waals surface area contributed by atoms with Gasteiger partial charge >= 0.3 is 0 Å². The summed E-state index contributed by atoms with van der Waals surface area (Å²) >= 11 is 3.27. The van der Waals surface area contributed by atoms with Crippen LogP contribution in [0.5, 0.6) is 0 Å². The molecule has 1 saturated carbocycles. The van der Waals surface area contributed by atoms with Crippen molar-refractivity contribution in [3.8, 4) is 0 Å². The number of aryl methyl sites for hydroxylation is 2. The molecule has 0 radical (unpaired) electrons. The number of aromatic nitrogens is 2. The minimum absolute atomic E-state index is 0.122. The summed E-state index contributed by atoms with van der Waals surface area (Å²) in [6.45, 7) is 6.03. The van der Waals surface area contributed by atoms with Gasteiger partial charge in [0.1, 0.15) is 15.7 Å². The van der Waals surface area contributed by atoms with Crippen LogP contribution in [-0.4, -0.2) is 27.2 Å². The minimum Gasteiger partial charge on any atom is -0.352 e. The zero-order chi connectivity index (χ0) is 16.4. The molecule has 2 heterocycles. The maximum atomic E-state index is 12.4. The normalized spacial score (nSPS) is 16.8. The molecule has 4 nitrogen and oxygen atoms in total. The van der Waals surface area contributed by atoms with Crippen LogP contribution in [0.1, 0.15) is 50.2 Å². The van der Waals surface area contributed by atoms with E-state index in [0.717, 1.165) is 40.3 Å². The lowest BCUT2D eigenvalue weighted by atomic mass is 10.2. The van der Waals surface area contributed by atoms with E-state index in [1.807, 2.05) is 13.8 Å². The van der Waals surface area contributed by atoms with Gasteiger partial charge in [0.15, 0.2) is 0 Å². The van der Waals surface area contributed by atoms with Crippen LogP contribution in [0.3, 0.4) is 0 Å². The number of amides is 1. The SMILES string of the molecule is CCc1cc2c(SC(C)C(=O)NC3CCCC3)nc(C)nc2s1. The third-order valence-electron chi connectivity index (χ3n) is 4.23. The molecule has 0 spiro atoms. The first-order valence-electron chi connectivity index (χ1n) is 8.31. The van der Waals surface area contributed by atoms with Crippen molar-refractivity contribution < 1.29 is 4.79 Å². The van der Waals surface area contributed by atoms with Gasteiger partial charge in [0.2, 0.25) is 5.91 Å². The second kappa shape index (κ2) is 7.18. The number of carbonyl (C=O) groups is 1. The van der Waals surface area contributed by atoms with Crippen molar-refractivity contribution in [2.45, 2.75) is 69.2 Å². The number of fused-ring (bicyclic) bond motifs is 1. The highest BCUT2D eigenvalue weighted by molar-refractivity contribution is 8.00. The van der Waals surface area contributed by atoms with Crippen molar-refractivity contribution >= 4 is 39.2 Å². The van der Waals surface area contributed by atoms with E-state index in [0.29, 0.717) is 6.04 Å². The highest BCUT2D eigenvalue weighted by atomic mass is 32.2. The summed E-state index contributed by atoms with van der Waals surface area (Å²) in [6, 6.07) is 2.54. The average molecular weight is 350 g/mol. The van der Waals surface area contributed by atoms with Gasteiger partial charge in [-0.25, -0.2) is 9.97 Å². The predicted molar refractivity (Wildman–Crippen MR) is 97.2 cm³/mol. The Hall–Kier alpha value is -1.14. The topological polar surface area (TPSA) is 54.9 Å². The number of nitrogens with zero attached hydrogens (tertiary/aromatic N) is 2. The van der Waals surface area contributed by atoms with Crippen LogP contribution in [0.15, 0.2) is 11.1 Å². The highest BCUT2D eigenvalue weighted by Gasteiger charge is 2.22. The lowest BCUT2D eigenvalue weighted by Crippen LogP contribution is -2.37. The van der Waals surface area contributed by atoms with Gasteiger partial charge in [0, 0.05) is 16.3 Å². The number of hydrogen-bond acceptors (Lipinski definition) is 5. The van der Waals surface area contributed by atoms with E-state index >= 15 is 0 Å². The molecular weight excluding hydrogens is 326 g/mol. The summed E-state index contributed by atoms with van der Waals surface area (Å²) in [7, 11) is 0. The van der Waals surface area contributed by atoms with Crippen molar-refractivity contribution in [2.24, 2.45) is 0 Å². The quantitative estimate of drug-likeness (QED) is 0.652. The third kappa shape index (κ3) is 3.86. The first kappa shape index (κ1) is 16.7. The maximum absolute atomic E-state index is 12.4. The average Bonchev–Trinajstić information content (AvgIpc) is 3.15. The molecule has 2 aromatic heterocycles. The van der Waals surface area contributed by atoms with E-state index in [-0.39, 0.29) is 11.2 Å². The molecule has 1 amide bonds. The summed E-state index contributed by atoms with van der Waals surface area (Å²) in [6.07, 6.45) is 5.69. The Balaban J connectivity index is 1.76. The van der Waals surface area contributed by atoms with Gasteiger partial charge in [-0.3, -0.25) is 4.79 Å². The smallest absolute Gasteiger partial charge is 0.233 e. The Kier molecular flexibility index (Phi) is 5.21. The summed E-state index contributed by atoms with van der Waals surface area (Å²) in [5.41, 5.74) is 0. The van der Waals surface area contributed by atoms with Gasteiger partial charge in [0.25, 0.3) is 0 Å². The molecule has 1 atom stereocenters. The van der Waals surface area contributed by atoms with Crippen molar-refractivity contribution in [3.05, 3.63) is 16.8 Å². The van der Waals surface area contributed by atoms with Crippen molar-refractivity contribution in [3.63, 3.8) is 0 Å². The summed E-state index contributed by atoms with van der Waals surface area (Å²) < 4.78 is 0. The minimum atomic E-state index is -0.141. The molecule has 0 saturated heterocycles. The molecule has 124 valence electrons. The Bertz CT molecular complexity index is 707. The molecule has 1 aliphatic rings. The molecular formula is C17H23N3OS2. The zero-order valence-electron chi connectivity index (χ0n) is 13.9. The molecule has 0 aromatic carbocycles. The summed E-state index contributed by atoms with van der Waals surface area (Å²) in [4.78, 5) is 23.9. The van der Waals surface area contributed by atoms with Crippen LogP contribution in [0.25, 0.3) is 10.2 Å². The maximum Gasteiger partial charge on any atom is 0.233 e. The third-order valence-corrected chi connectivity index (χ3v) is 6.50. The second-order valence-corrected chi connectivity index (χ2v) is 8.56. The zero-order valence-corrected chi connectivity index (χ0v) is 15.5. The monoisotopic (exact) mass is 349 g/mol. The Morgan fingerprint density at radius 2 is 2.17 bits per heavy atom. The Morgan fingerprint density at radius 1 is 1.43 bits per heavy atom. The van der Waals surface area contributed by atoms with E-state index in [4.69, 9.17) is 0 Å². The first-order chi connectivity index (χ1) is 11.1. The lowest BCUT2D eigenvalue weighted by molar-refractivity contribution is -0.120. The van der Waals surface area contributed by atoms with Crippen molar-refractivity contribution in [1.29, 1.82) is 0 Å². The van der Waals surface area contributed by atoms with Crippen LogP contribution >= 0.6 is 23.1 Å². The van der Waals surface area contributed by atoms with E-state index in [2.05, 4.69) is 28.3 Å². The first-order valence-corrected chi connectivity index (χ1v) is 10.0. The fraction of sp³-hybridized carbons (Fsp3) is 0.588. The van der Waals surface area contributed by atoms with E-state index in [1.165, 1.54) is 17.7 Å². The number of thiophene rings is 1. The fourth-order valence-corrected chi connectivity index (χ4v) is 4.98. The highest BCUT2D eigenvalue weighted by Crippen LogP contribution is 2.33. The fourth-order valence-electron chi connectivity index (χ4n) is 2.92. The predicted octanol–water partition coefficient (Wildman–Crippen LogP) is 4.10. The van der Waals surface area contributed by atoms with E-state index in [9.17, 15) is 4.79 Å². The Morgan fingerprint density at radius 3 is 2.87 bits per heavy atom. The van der Waals surface area contributed by atoms with E-state index in [1.54, 1.807) is 23.1 Å². The van der Waals surface area contributed by atoms with E-state index < -0.39 is 0 Å². The number of thioether (sulfide) groups is 1. The van der Waals surface area contributed by atoms with Gasteiger partial charge in [-0.2, -0.15) is 0 Å². The van der Waals surface area contributed by atoms with Crippen LogP contribution in [0.2, 0.25) is 0 Å². The van der Waals surface area contributed by atoms with Gasteiger partial charge in [-0.1, -0.05) is 31.5 Å².